The van der Waals surface area contributed by atoms with E-state index in [-0.39, 0.29) is 0 Å². The highest BCUT2D eigenvalue weighted by Gasteiger charge is 2.03. The molecule has 3 heteroatoms. The summed E-state index contributed by atoms with van der Waals surface area (Å²) in [6, 6.07) is 11.8. The van der Waals surface area contributed by atoms with Gasteiger partial charge in [-0.2, -0.15) is 5.26 Å². The Labute approximate surface area is 98.7 Å². The molecule has 0 amide bonds. The first-order valence-electron chi connectivity index (χ1n) is 4.95. The molecule has 80 valence electrons. The highest BCUT2D eigenvalue weighted by atomic mass is 32.1. The molecule has 0 N–H and O–H groups in total. The van der Waals surface area contributed by atoms with Crippen molar-refractivity contribution in [2.24, 2.45) is 0 Å². The van der Waals surface area contributed by atoms with Gasteiger partial charge in [-0.15, -0.1) is 11.3 Å². The van der Waals surface area contributed by atoms with Crippen molar-refractivity contribution in [3.8, 4) is 11.8 Å². The molecular weight excluding hydrogens is 218 g/mol. The number of nitrogens with zero attached hydrogens (tertiary/aromatic N) is 1. The third-order valence-corrected chi connectivity index (χ3v) is 3.06. The maximum atomic E-state index is 8.97. The van der Waals surface area contributed by atoms with Crippen molar-refractivity contribution in [1.82, 2.24) is 0 Å². The Balaban J connectivity index is 2.13. The van der Waals surface area contributed by atoms with Gasteiger partial charge in [0.05, 0.1) is 5.56 Å². The molecule has 0 aliphatic carbocycles. The average Bonchev–Trinajstić information content (AvgIpc) is 2.80. The van der Waals surface area contributed by atoms with Crippen LogP contribution in [-0.4, -0.2) is 0 Å². The number of hydrogen-bond donors (Lipinski definition) is 0. The van der Waals surface area contributed by atoms with Crippen molar-refractivity contribution in [3.63, 3.8) is 0 Å². The number of thiophene rings is 1. The van der Waals surface area contributed by atoms with Crippen molar-refractivity contribution in [3.05, 3.63) is 51.7 Å². The average molecular weight is 229 g/mol. The van der Waals surface area contributed by atoms with E-state index in [0.29, 0.717) is 17.9 Å². The Hall–Kier alpha value is -1.79. The van der Waals surface area contributed by atoms with Crippen molar-refractivity contribution in [2.75, 3.05) is 0 Å². The van der Waals surface area contributed by atoms with Gasteiger partial charge < -0.3 is 4.74 Å². The monoisotopic (exact) mass is 229 g/mol. The van der Waals surface area contributed by atoms with Gasteiger partial charge >= 0.3 is 0 Å². The molecule has 0 saturated heterocycles. The van der Waals surface area contributed by atoms with Crippen LogP contribution >= 0.6 is 11.3 Å². The molecule has 0 saturated carbocycles. The minimum absolute atomic E-state index is 0.523. The van der Waals surface area contributed by atoms with E-state index in [1.165, 1.54) is 0 Å². The zero-order valence-electron chi connectivity index (χ0n) is 8.93. The van der Waals surface area contributed by atoms with Gasteiger partial charge in [0.15, 0.2) is 0 Å². The second kappa shape index (κ2) is 4.82. The first-order chi connectivity index (χ1) is 7.79. The Morgan fingerprint density at radius 1 is 1.38 bits per heavy atom. The lowest BCUT2D eigenvalue weighted by molar-refractivity contribution is 0.309. The van der Waals surface area contributed by atoms with Gasteiger partial charge in [-0.25, -0.2) is 0 Å². The third kappa shape index (κ3) is 2.41. The van der Waals surface area contributed by atoms with Crippen LogP contribution in [0.4, 0.5) is 0 Å². The number of nitriles is 1. The molecule has 0 atom stereocenters. The SMILES string of the molecule is Cc1ccc(OCc2cccs2)c(C#N)c1. The molecular formula is C13H11NOS. The van der Waals surface area contributed by atoms with Crippen LogP contribution in [0.1, 0.15) is 16.0 Å². The van der Waals surface area contributed by atoms with Crippen molar-refractivity contribution in [1.29, 1.82) is 5.26 Å². The first-order valence-corrected chi connectivity index (χ1v) is 5.83. The van der Waals surface area contributed by atoms with Crippen molar-refractivity contribution >= 4 is 11.3 Å². The predicted octanol–water partition coefficient (Wildman–Crippen LogP) is 3.51. The molecule has 1 heterocycles. The molecule has 0 fully saturated rings. The standard InChI is InChI=1S/C13H11NOS/c1-10-4-5-13(11(7-10)8-14)15-9-12-3-2-6-16-12/h2-7H,9H2,1H3. The fraction of sp³-hybridized carbons (Fsp3) is 0.154. The van der Waals surface area contributed by atoms with Crippen LogP contribution < -0.4 is 4.74 Å². The first kappa shape index (κ1) is 10.7. The van der Waals surface area contributed by atoms with Crippen LogP contribution in [0, 0.1) is 18.3 Å². The molecule has 0 unspecified atom stereocenters. The highest BCUT2D eigenvalue weighted by molar-refractivity contribution is 7.09. The fourth-order valence-corrected chi connectivity index (χ4v) is 2.02. The summed E-state index contributed by atoms with van der Waals surface area (Å²) in [7, 11) is 0. The summed E-state index contributed by atoms with van der Waals surface area (Å²) in [4.78, 5) is 1.16. The number of hydrogen-bond acceptors (Lipinski definition) is 3. The quantitative estimate of drug-likeness (QED) is 0.807. The number of benzene rings is 1. The summed E-state index contributed by atoms with van der Waals surface area (Å²) in [6.07, 6.45) is 0. The van der Waals surface area contributed by atoms with Crippen LogP contribution in [0.25, 0.3) is 0 Å². The van der Waals surface area contributed by atoms with E-state index in [9.17, 15) is 0 Å². The van der Waals surface area contributed by atoms with E-state index in [2.05, 4.69) is 6.07 Å². The topological polar surface area (TPSA) is 33.0 Å². The lowest BCUT2D eigenvalue weighted by Gasteiger charge is -2.06. The van der Waals surface area contributed by atoms with Crippen molar-refractivity contribution in [2.45, 2.75) is 13.5 Å². The molecule has 2 nitrogen and oxygen atoms in total. The van der Waals surface area contributed by atoms with Gasteiger partial charge in [0.2, 0.25) is 0 Å². The van der Waals surface area contributed by atoms with E-state index in [1.807, 2.05) is 42.6 Å². The van der Waals surface area contributed by atoms with Gasteiger partial charge in [0.25, 0.3) is 0 Å². The molecule has 16 heavy (non-hydrogen) atoms. The van der Waals surface area contributed by atoms with Gasteiger partial charge in [0.1, 0.15) is 18.4 Å². The van der Waals surface area contributed by atoms with E-state index in [4.69, 9.17) is 10.00 Å². The largest absolute Gasteiger partial charge is 0.487 e. The van der Waals surface area contributed by atoms with Crippen LogP contribution in [0.3, 0.4) is 0 Å². The molecule has 2 rings (SSSR count). The Morgan fingerprint density at radius 3 is 2.94 bits per heavy atom. The number of rotatable bonds is 3. The van der Waals surface area contributed by atoms with Crippen LogP contribution in [0.5, 0.6) is 5.75 Å². The molecule has 0 radical (unpaired) electrons. The van der Waals surface area contributed by atoms with Gasteiger partial charge in [-0.05, 0) is 36.1 Å². The minimum atomic E-state index is 0.523. The summed E-state index contributed by atoms with van der Waals surface area (Å²) < 4.78 is 5.62. The molecule has 0 spiro atoms. The zero-order valence-corrected chi connectivity index (χ0v) is 9.75. The molecule has 0 aliphatic rings. The smallest absolute Gasteiger partial charge is 0.137 e. The van der Waals surface area contributed by atoms with E-state index in [1.54, 1.807) is 11.3 Å². The third-order valence-electron chi connectivity index (χ3n) is 2.21. The van der Waals surface area contributed by atoms with E-state index in [0.717, 1.165) is 10.4 Å². The van der Waals surface area contributed by atoms with E-state index < -0.39 is 0 Å². The molecule has 1 aromatic heterocycles. The summed E-state index contributed by atoms with van der Waals surface area (Å²) in [5.41, 5.74) is 1.66. The Kier molecular flexibility index (Phi) is 3.23. The van der Waals surface area contributed by atoms with Gasteiger partial charge in [0, 0.05) is 4.88 Å². The lowest BCUT2D eigenvalue weighted by Crippen LogP contribution is -1.95. The lowest BCUT2D eigenvalue weighted by atomic mass is 10.1. The molecule has 2 aromatic rings. The Morgan fingerprint density at radius 2 is 2.25 bits per heavy atom. The summed E-state index contributed by atoms with van der Waals surface area (Å²) in [5, 5.41) is 11.0. The summed E-state index contributed by atoms with van der Waals surface area (Å²) >= 11 is 1.65. The molecule has 0 bridgehead atoms. The predicted molar refractivity (Wildman–Crippen MR) is 64.5 cm³/mol. The van der Waals surface area contributed by atoms with Crippen molar-refractivity contribution < 1.29 is 4.74 Å². The van der Waals surface area contributed by atoms with Gasteiger partial charge in [-0.1, -0.05) is 12.1 Å². The highest BCUT2D eigenvalue weighted by Crippen LogP contribution is 2.21. The number of aryl methyl sites for hydroxylation is 1. The number of ether oxygens (including phenoxy) is 1. The minimum Gasteiger partial charge on any atom is -0.487 e. The summed E-state index contributed by atoms with van der Waals surface area (Å²) in [6.45, 7) is 2.49. The van der Waals surface area contributed by atoms with Crippen LogP contribution in [0.15, 0.2) is 35.7 Å². The fourth-order valence-electron chi connectivity index (χ4n) is 1.40. The molecule has 0 aliphatic heterocycles. The second-order valence-electron chi connectivity index (χ2n) is 3.48. The maximum absolute atomic E-state index is 8.97. The van der Waals surface area contributed by atoms with Crippen LogP contribution in [-0.2, 0) is 6.61 Å². The zero-order chi connectivity index (χ0) is 11.4. The van der Waals surface area contributed by atoms with E-state index >= 15 is 0 Å². The normalized spacial score (nSPS) is 9.75. The maximum Gasteiger partial charge on any atom is 0.137 e. The Bertz CT molecular complexity index is 511. The van der Waals surface area contributed by atoms with Gasteiger partial charge in [-0.3, -0.25) is 0 Å². The molecule has 1 aromatic carbocycles. The second-order valence-corrected chi connectivity index (χ2v) is 4.51. The van der Waals surface area contributed by atoms with Crippen LogP contribution in [0.2, 0.25) is 0 Å². The summed E-state index contributed by atoms with van der Waals surface area (Å²) in [5.74, 6) is 0.654.